The molecule has 6 nitrogen and oxygen atoms in total. The summed E-state index contributed by atoms with van der Waals surface area (Å²) in [5.41, 5.74) is 2.84. The number of hydrogen-bond acceptors (Lipinski definition) is 3. The summed E-state index contributed by atoms with van der Waals surface area (Å²) in [4.78, 5) is 33.9. The summed E-state index contributed by atoms with van der Waals surface area (Å²) in [5, 5.41) is 8.07. The number of carbonyl (C=O) groups excluding carboxylic acids is 3. The van der Waals surface area contributed by atoms with Gasteiger partial charge in [-0.3, -0.25) is 14.4 Å². The molecule has 3 amide bonds. The Balaban J connectivity index is 1.91. The highest BCUT2D eigenvalue weighted by Crippen LogP contribution is 2.14. The SMILES string of the molecule is CC(=O)Nc1ccc(C=CC(=O)Nc2ccc(NC(C)=O)cc2)cc1. The molecule has 128 valence electrons. The van der Waals surface area contributed by atoms with Gasteiger partial charge in [0.1, 0.15) is 0 Å². The first-order chi connectivity index (χ1) is 11.9. The number of hydrogen-bond donors (Lipinski definition) is 3. The molecule has 3 N–H and O–H groups in total. The van der Waals surface area contributed by atoms with Gasteiger partial charge >= 0.3 is 0 Å². The van der Waals surface area contributed by atoms with Gasteiger partial charge in [-0.15, -0.1) is 0 Å². The van der Waals surface area contributed by atoms with Gasteiger partial charge in [-0.2, -0.15) is 0 Å². The molecule has 25 heavy (non-hydrogen) atoms. The molecule has 0 saturated heterocycles. The molecule has 0 fully saturated rings. The van der Waals surface area contributed by atoms with Crippen molar-refractivity contribution in [1.82, 2.24) is 0 Å². The molecule has 0 aliphatic carbocycles. The lowest BCUT2D eigenvalue weighted by molar-refractivity contribution is -0.115. The molecule has 2 aromatic rings. The van der Waals surface area contributed by atoms with Gasteiger partial charge in [0.15, 0.2) is 0 Å². The van der Waals surface area contributed by atoms with E-state index < -0.39 is 0 Å². The smallest absolute Gasteiger partial charge is 0.248 e. The minimum atomic E-state index is -0.266. The summed E-state index contributed by atoms with van der Waals surface area (Å²) in [7, 11) is 0. The van der Waals surface area contributed by atoms with E-state index in [2.05, 4.69) is 16.0 Å². The van der Waals surface area contributed by atoms with Crippen LogP contribution in [-0.2, 0) is 14.4 Å². The molecule has 0 radical (unpaired) electrons. The summed E-state index contributed by atoms with van der Waals surface area (Å²) in [6, 6.07) is 14.0. The van der Waals surface area contributed by atoms with Crippen LogP contribution >= 0.6 is 0 Å². The van der Waals surface area contributed by atoms with Gasteiger partial charge in [-0.1, -0.05) is 12.1 Å². The van der Waals surface area contributed by atoms with Crippen LogP contribution in [0.2, 0.25) is 0 Å². The van der Waals surface area contributed by atoms with Gasteiger partial charge in [0.25, 0.3) is 0 Å². The lowest BCUT2D eigenvalue weighted by Gasteiger charge is -2.05. The maximum atomic E-state index is 11.9. The number of anilines is 3. The van der Waals surface area contributed by atoms with Gasteiger partial charge in [-0.05, 0) is 48.0 Å². The van der Waals surface area contributed by atoms with E-state index >= 15 is 0 Å². The Morgan fingerprint density at radius 3 is 1.52 bits per heavy atom. The fourth-order valence-electron chi connectivity index (χ4n) is 2.08. The van der Waals surface area contributed by atoms with Crippen molar-refractivity contribution >= 4 is 40.9 Å². The normalized spacial score (nSPS) is 10.3. The number of carbonyl (C=O) groups is 3. The molecule has 0 spiro atoms. The van der Waals surface area contributed by atoms with Crippen LogP contribution in [0.1, 0.15) is 19.4 Å². The van der Waals surface area contributed by atoms with Gasteiger partial charge in [0.2, 0.25) is 17.7 Å². The highest BCUT2D eigenvalue weighted by atomic mass is 16.2. The fourth-order valence-corrected chi connectivity index (χ4v) is 2.08. The molecular weight excluding hydrogens is 318 g/mol. The van der Waals surface area contributed by atoms with Gasteiger partial charge in [-0.25, -0.2) is 0 Å². The van der Waals surface area contributed by atoms with Crippen LogP contribution in [0.25, 0.3) is 6.08 Å². The van der Waals surface area contributed by atoms with Crippen LogP contribution in [0, 0.1) is 0 Å². The number of benzene rings is 2. The molecular formula is C19H19N3O3. The molecule has 2 aromatic carbocycles. The number of nitrogens with one attached hydrogen (secondary N) is 3. The van der Waals surface area contributed by atoms with Gasteiger partial charge in [0, 0.05) is 37.0 Å². The molecule has 6 heteroatoms. The second kappa shape index (κ2) is 8.44. The Morgan fingerprint density at radius 2 is 1.08 bits per heavy atom. The van der Waals surface area contributed by atoms with E-state index in [-0.39, 0.29) is 17.7 Å². The maximum Gasteiger partial charge on any atom is 0.248 e. The lowest BCUT2D eigenvalue weighted by Crippen LogP contribution is -2.08. The van der Waals surface area contributed by atoms with Crippen molar-refractivity contribution in [2.75, 3.05) is 16.0 Å². The third-order valence-electron chi connectivity index (χ3n) is 3.13. The molecule has 0 aliphatic rings. The zero-order valence-corrected chi connectivity index (χ0v) is 14.0. The van der Waals surface area contributed by atoms with Crippen LogP contribution in [0.3, 0.4) is 0 Å². The van der Waals surface area contributed by atoms with E-state index in [1.165, 1.54) is 19.9 Å². The molecule has 0 unspecified atom stereocenters. The van der Waals surface area contributed by atoms with E-state index in [0.29, 0.717) is 17.1 Å². The van der Waals surface area contributed by atoms with Gasteiger partial charge in [0.05, 0.1) is 0 Å². The lowest BCUT2D eigenvalue weighted by atomic mass is 10.2. The molecule has 0 heterocycles. The predicted molar refractivity (Wildman–Crippen MR) is 99.2 cm³/mol. The minimum Gasteiger partial charge on any atom is -0.326 e. The highest BCUT2D eigenvalue weighted by Gasteiger charge is 2.00. The first-order valence-electron chi connectivity index (χ1n) is 7.67. The Labute approximate surface area is 145 Å². The Bertz CT molecular complexity index is 794. The van der Waals surface area contributed by atoms with E-state index in [1.807, 2.05) is 0 Å². The van der Waals surface area contributed by atoms with Crippen LogP contribution in [0.4, 0.5) is 17.1 Å². The number of rotatable bonds is 5. The van der Waals surface area contributed by atoms with Crippen molar-refractivity contribution in [3.05, 3.63) is 60.2 Å². The van der Waals surface area contributed by atoms with Crippen LogP contribution in [0.15, 0.2) is 54.6 Å². The topological polar surface area (TPSA) is 87.3 Å². The van der Waals surface area contributed by atoms with Crippen molar-refractivity contribution in [1.29, 1.82) is 0 Å². The summed E-state index contributed by atoms with van der Waals surface area (Å²) in [6.45, 7) is 2.88. The van der Waals surface area contributed by atoms with Crippen molar-refractivity contribution in [3.8, 4) is 0 Å². The number of amides is 3. The molecule has 0 aromatic heterocycles. The monoisotopic (exact) mass is 337 g/mol. The van der Waals surface area contributed by atoms with E-state index in [1.54, 1.807) is 54.6 Å². The average molecular weight is 337 g/mol. The quantitative estimate of drug-likeness (QED) is 0.732. The highest BCUT2D eigenvalue weighted by molar-refractivity contribution is 6.02. The second-order valence-corrected chi connectivity index (χ2v) is 5.38. The molecule has 2 rings (SSSR count). The zero-order chi connectivity index (χ0) is 18.2. The Kier molecular flexibility index (Phi) is 6.06. The van der Waals surface area contributed by atoms with E-state index in [9.17, 15) is 14.4 Å². The average Bonchev–Trinajstić information content (AvgIpc) is 2.55. The van der Waals surface area contributed by atoms with Crippen molar-refractivity contribution < 1.29 is 14.4 Å². The van der Waals surface area contributed by atoms with Crippen molar-refractivity contribution in [3.63, 3.8) is 0 Å². The first-order valence-corrected chi connectivity index (χ1v) is 7.67. The first kappa shape index (κ1) is 17.9. The van der Waals surface area contributed by atoms with Crippen LogP contribution in [0.5, 0.6) is 0 Å². The van der Waals surface area contributed by atoms with E-state index in [4.69, 9.17) is 0 Å². The zero-order valence-electron chi connectivity index (χ0n) is 14.0. The summed E-state index contributed by atoms with van der Waals surface area (Å²) >= 11 is 0. The second-order valence-electron chi connectivity index (χ2n) is 5.38. The fraction of sp³-hybridized carbons (Fsp3) is 0.105. The van der Waals surface area contributed by atoms with Crippen molar-refractivity contribution in [2.24, 2.45) is 0 Å². The Morgan fingerprint density at radius 1 is 0.680 bits per heavy atom. The third kappa shape index (κ3) is 6.31. The van der Waals surface area contributed by atoms with Crippen LogP contribution in [-0.4, -0.2) is 17.7 Å². The third-order valence-corrected chi connectivity index (χ3v) is 3.13. The van der Waals surface area contributed by atoms with E-state index in [0.717, 1.165) is 5.56 Å². The van der Waals surface area contributed by atoms with Gasteiger partial charge < -0.3 is 16.0 Å². The summed E-state index contributed by atoms with van der Waals surface area (Å²) in [6.07, 6.45) is 3.10. The minimum absolute atomic E-state index is 0.132. The predicted octanol–water partition coefficient (Wildman–Crippen LogP) is 3.26. The molecule has 0 atom stereocenters. The maximum absolute atomic E-state index is 11.9. The molecule has 0 saturated carbocycles. The van der Waals surface area contributed by atoms with Crippen LogP contribution < -0.4 is 16.0 Å². The standard InChI is InChI=1S/C19H19N3O3/c1-13(23)20-16-6-3-15(4-7-16)5-12-19(25)22-18-10-8-17(9-11-18)21-14(2)24/h3-12H,1-2H3,(H,20,23)(H,21,24)(H,22,25). The summed E-state index contributed by atoms with van der Waals surface area (Å²) in [5.74, 6) is -0.547. The Hall–Kier alpha value is -3.41. The van der Waals surface area contributed by atoms with Crippen molar-refractivity contribution in [2.45, 2.75) is 13.8 Å². The largest absolute Gasteiger partial charge is 0.326 e. The summed E-state index contributed by atoms with van der Waals surface area (Å²) < 4.78 is 0. The molecule has 0 bridgehead atoms. The molecule has 0 aliphatic heterocycles.